The van der Waals surface area contributed by atoms with E-state index in [-0.39, 0.29) is 0 Å². The second-order valence-corrected chi connectivity index (χ2v) is 9.66. The van der Waals surface area contributed by atoms with Gasteiger partial charge in [-0.15, -0.1) is 22.7 Å². The Balaban J connectivity index is 2.10. The van der Waals surface area contributed by atoms with Crippen molar-refractivity contribution >= 4 is 46.2 Å². The van der Waals surface area contributed by atoms with Gasteiger partial charge in [0.1, 0.15) is 21.0 Å². The number of amides is 2. The Morgan fingerprint density at radius 2 is 1.14 bits per heavy atom. The van der Waals surface area contributed by atoms with Crippen molar-refractivity contribution in [2.45, 2.75) is 52.7 Å². The Kier molecular flexibility index (Phi) is 6.75. The van der Waals surface area contributed by atoms with Crippen molar-refractivity contribution in [2.24, 2.45) is 0 Å². The maximum Gasteiger partial charge on any atom is 0.412 e. The van der Waals surface area contributed by atoms with E-state index in [9.17, 15) is 9.59 Å². The van der Waals surface area contributed by atoms with Crippen molar-refractivity contribution in [3.8, 4) is 11.8 Å². The number of thiophene rings is 2. The van der Waals surface area contributed by atoms with Gasteiger partial charge in [0.05, 0.1) is 11.4 Å². The number of carbonyl (C=O) groups is 2. The highest BCUT2D eigenvalue weighted by atomic mass is 32.1. The molecule has 0 aliphatic carbocycles. The number of nitrogens with one attached hydrogen (secondary N) is 2. The molecule has 0 saturated carbocycles. The van der Waals surface area contributed by atoms with Gasteiger partial charge < -0.3 is 9.47 Å². The second kappa shape index (κ2) is 8.67. The van der Waals surface area contributed by atoms with Crippen molar-refractivity contribution in [3.63, 3.8) is 0 Å². The average molecular weight is 421 g/mol. The van der Waals surface area contributed by atoms with E-state index in [4.69, 9.17) is 9.47 Å². The first kappa shape index (κ1) is 21.8. The SMILES string of the molecule is CC(C)(C)OC(=O)Nc1ccsc1C#Cc1sccc1NC(=O)OC(C)(C)C. The molecule has 0 fully saturated rings. The van der Waals surface area contributed by atoms with Gasteiger partial charge in [0.25, 0.3) is 0 Å². The van der Waals surface area contributed by atoms with E-state index in [1.54, 1.807) is 53.7 Å². The number of hydrogen-bond donors (Lipinski definition) is 2. The van der Waals surface area contributed by atoms with Gasteiger partial charge >= 0.3 is 12.2 Å². The third-order valence-electron chi connectivity index (χ3n) is 2.89. The Hall–Kier alpha value is -2.50. The molecule has 28 heavy (non-hydrogen) atoms. The van der Waals surface area contributed by atoms with Crippen LogP contribution in [0.15, 0.2) is 22.9 Å². The molecule has 2 aromatic rings. The fourth-order valence-corrected chi connectivity index (χ4v) is 3.34. The van der Waals surface area contributed by atoms with Crippen molar-refractivity contribution in [1.82, 2.24) is 0 Å². The van der Waals surface area contributed by atoms with Crippen LogP contribution < -0.4 is 10.6 Å². The normalized spacial score (nSPS) is 11.2. The van der Waals surface area contributed by atoms with E-state index in [1.807, 2.05) is 10.8 Å². The molecule has 0 aromatic carbocycles. The molecule has 0 aliphatic heterocycles. The van der Waals surface area contributed by atoms with E-state index in [0.29, 0.717) is 21.1 Å². The number of carbonyl (C=O) groups excluding carboxylic acids is 2. The van der Waals surface area contributed by atoms with Crippen LogP contribution in [0.25, 0.3) is 0 Å². The molecule has 6 nitrogen and oxygen atoms in total. The van der Waals surface area contributed by atoms with E-state index in [0.717, 1.165) is 0 Å². The Labute approximate surface area is 173 Å². The van der Waals surface area contributed by atoms with Crippen molar-refractivity contribution < 1.29 is 19.1 Å². The van der Waals surface area contributed by atoms with E-state index >= 15 is 0 Å². The molecule has 2 amide bonds. The quantitative estimate of drug-likeness (QED) is 0.593. The zero-order chi connectivity index (χ0) is 20.9. The minimum atomic E-state index is -0.578. The summed E-state index contributed by atoms with van der Waals surface area (Å²) < 4.78 is 10.5. The zero-order valence-corrected chi connectivity index (χ0v) is 18.4. The van der Waals surface area contributed by atoms with E-state index < -0.39 is 23.4 Å². The highest BCUT2D eigenvalue weighted by Crippen LogP contribution is 2.25. The molecule has 0 saturated heterocycles. The fraction of sp³-hybridized carbons (Fsp3) is 0.400. The van der Waals surface area contributed by atoms with Gasteiger partial charge in [-0.3, -0.25) is 10.6 Å². The van der Waals surface area contributed by atoms with Crippen LogP contribution in [-0.2, 0) is 9.47 Å². The minimum Gasteiger partial charge on any atom is -0.444 e. The third kappa shape index (κ3) is 7.25. The first-order chi connectivity index (χ1) is 12.9. The number of rotatable bonds is 2. The molecule has 0 atom stereocenters. The predicted molar refractivity (Wildman–Crippen MR) is 114 cm³/mol. The summed E-state index contributed by atoms with van der Waals surface area (Å²) in [5.74, 6) is 6.08. The van der Waals surface area contributed by atoms with Crippen LogP contribution >= 0.6 is 22.7 Å². The molecule has 0 spiro atoms. The molecular formula is C20H24N2O4S2. The average Bonchev–Trinajstić information content (AvgIpc) is 3.10. The van der Waals surface area contributed by atoms with Crippen LogP contribution in [0.2, 0.25) is 0 Å². The Bertz CT molecular complexity index is 833. The maximum absolute atomic E-state index is 12.0. The van der Waals surface area contributed by atoms with Gasteiger partial charge in [-0.05, 0) is 76.3 Å². The fourth-order valence-electron chi connectivity index (χ4n) is 1.95. The largest absolute Gasteiger partial charge is 0.444 e. The molecular weight excluding hydrogens is 396 g/mol. The summed E-state index contributed by atoms with van der Waals surface area (Å²) in [5.41, 5.74) is 0.0194. The van der Waals surface area contributed by atoms with E-state index in [2.05, 4.69) is 22.5 Å². The lowest BCUT2D eigenvalue weighted by atomic mass is 10.2. The van der Waals surface area contributed by atoms with Crippen LogP contribution in [-0.4, -0.2) is 23.4 Å². The molecule has 0 aliphatic rings. The molecule has 2 aromatic heterocycles. The Morgan fingerprint density at radius 3 is 1.46 bits per heavy atom. The van der Waals surface area contributed by atoms with Gasteiger partial charge in [0.2, 0.25) is 0 Å². The smallest absolute Gasteiger partial charge is 0.412 e. The van der Waals surface area contributed by atoms with Crippen LogP contribution in [0.3, 0.4) is 0 Å². The van der Waals surface area contributed by atoms with E-state index in [1.165, 1.54) is 22.7 Å². The summed E-state index contributed by atoms with van der Waals surface area (Å²) in [6.07, 6.45) is -1.06. The third-order valence-corrected chi connectivity index (χ3v) is 4.55. The molecule has 2 rings (SSSR count). The lowest BCUT2D eigenvalue weighted by Gasteiger charge is -2.19. The molecule has 0 unspecified atom stereocenters. The number of hydrogen-bond acceptors (Lipinski definition) is 6. The molecule has 0 bridgehead atoms. The molecule has 0 radical (unpaired) electrons. The van der Waals surface area contributed by atoms with Crippen LogP contribution in [0.1, 0.15) is 51.3 Å². The van der Waals surface area contributed by atoms with Crippen LogP contribution in [0, 0.1) is 11.8 Å². The predicted octanol–water partition coefficient (Wildman–Crippen LogP) is 5.90. The molecule has 8 heteroatoms. The zero-order valence-electron chi connectivity index (χ0n) is 16.8. The van der Waals surface area contributed by atoms with Gasteiger partial charge in [0, 0.05) is 0 Å². The summed E-state index contributed by atoms with van der Waals surface area (Å²) in [7, 11) is 0. The minimum absolute atomic E-state index is 0.530. The summed E-state index contributed by atoms with van der Waals surface area (Å²) in [5, 5.41) is 9.10. The summed E-state index contributed by atoms with van der Waals surface area (Å²) in [6.45, 7) is 10.8. The van der Waals surface area contributed by atoms with Crippen LogP contribution in [0.5, 0.6) is 0 Å². The molecule has 150 valence electrons. The molecule has 2 N–H and O–H groups in total. The highest BCUT2D eigenvalue weighted by molar-refractivity contribution is 7.11. The van der Waals surface area contributed by atoms with Crippen molar-refractivity contribution in [1.29, 1.82) is 0 Å². The monoisotopic (exact) mass is 420 g/mol. The lowest BCUT2D eigenvalue weighted by molar-refractivity contribution is 0.0624. The number of anilines is 2. The summed E-state index contributed by atoms with van der Waals surface area (Å²) in [6, 6.07) is 3.54. The standard InChI is InChI=1S/C20H24N2O4S2/c1-19(2,3)25-17(23)21-13-9-11-27-15(13)7-8-16-14(10-12-28-16)22-18(24)26-20(4,5)6/h9-12H,1-6H3,(H,21,23)(H,22,24). The van der Waals surface area contributed by atoms with Gasteiger partial charge in [0.15, 0.2) is 0 Å². The van der Waals surface area contributed by atoms with Gasteiger partial charge in [-0.2, -0.15) is 0 Å². The maximum atomic E-state index is 12.0. The topological polar surface area (TPSA) is 76.7 Å². The second-order valence-electron chi connectivity index (χ2n) is 7.83. The highest BCUT2D eigenvalue weighted by Gasteiger charge is 2.18. The van der Waals surface area contributed by atoms with Crippen molar-refractivity contribution in [3.05, 3.63) is 32.6 Å². The first-order valence-corrected chi connectivity index (χ1v) is 10.4. The first-order valence-electron chi connectivity index (χ1n) is 8.60. The van der Waals surface area contributed by atoms with Crippen LogP contribution in [0.4, 0.5) is 21.0 Å². The Morgan fingerprint density at radius 1 is 0.786 bits per heavy atom. The molecule has 2 heterocycles. The summed E-state index contributed by atoms with van der Waals surface area (Å²) in [4.78, 5) is 25.3. The van der Waals surface area contributed by atoms with Gasteiger partial charge in [-0.25, -0.2) is 9.59 Å². The van der Waals surface area contributed by atoms with Gasteiger partial charge in [-0.1, -0.05) is 0 Å². The summed E-state index contributed by atoms with van der Waals surface area (Å²) >= 11 is 2.82. The lowest BCUT2D eigenvalue weighted by Crippen LogP contribution is -2.27. The number of ether oxygens (including phenoxy) is 2. The van der Waals surface area contributed by atoms with Crippen molar-refractivity contribution in [2.75, 3.05) is 10.6 Å².